The second-order valence-corrected chi connectivity index (χ2v) is 9.63. The Kier molecular flexibility index (Phi) is 6.31. The number of carbonyl (C=O) groups excluding carboxylic acids is 1. The Morgan fingerprint density at radius 2 is 1.94 bits per heavy atom. The van der Waals surface area contributed by atoms with Crippen LogP contribution in [0.15, 0.2) is 36.5 Å². The molecule has 0 saturated carbocycles. The third kappa shape index (κ3) is 4.38. The first-order valence-corrected chi connectivity index (χ1v) is 12.0. The second kappa shape index (κ2) is 9.44. The Hall–Kier alpha value is -3.63. The summed E-state index contributed by atoms with van der Waals surface area (Å²) < 4.78 is 28.7. The van der Waals surface area contributed by atoms with Crippen LogP contribution in [-0.4, -0.2) is 40.1 Å². The number of rotatable bonds is 4. The predicted molar refractivity (Wildman–Crippen MR) is 133 cm³/mol. The number of hydrogen-bond donors (Lipinski definition) is 4. The number of nitrogen functional groups attached to an aromatic ring is 1. The number of carbonyl (C=O) groups is 1. The van der Waals surface area contributed by atoms with Gasteiger partial charge in [0.25, 0.3) is 5.91 Å². The molecule has 1 aromatic carbocycles. The zero-order valence-electron chi connectivity index (χ0n) is 19.8. The van der Waals surface area contributed by atoms with Crippen LogP contribution in [-0.2, 0) is 6.42 Å². The number of nitrogens with one attached hydrogen (secondary N) is 1. The van der Waals surface area contributed by atoms with Gasteiger partial charge in [0.2, 0.25) is 0 Å². The highest BCUT2D eigenvalue weighted by molar-refractivity contribution is 6.08. The maximum atomic E-state index is 14.3. The van der Waals surface area contributed by atoms with E-state index in [1.165, 1.54) is 24.4 Å². The summed E-state index contributed by atoms with van der Waals surface area (Å²) in [5.41, 5.74) is 14.6. The molecule has 1 fully saturated rings. The Morgan fingerprint density at radius 3 is 2.67 bits per heavy atom. The molecular formula is C26H28F2N6O2. The van der Waals surface area contributed by atoms with Crippen molar-refractivity contribution in [1.29, 1.82) is 0 Å². The summed E-state index contributed by atoms with van der Waals surface area (Å²) in [6.07, 6.45) is 2.91. The summed E-state index contributed by atoms with van der Waals surface area (Å²) in [4.78, 5) is 24.1. The maximum Gasteiger partial charge on any atom is 0.276 e. The first-order valence-electron chi connectivity index (χ1n) is 12.0. The van der Waals surface area contributed by atoms with Gasteiger partial charge >= 0.3 is 0 Å². The number of benzene rings is 1. The first-order chi connectivity index (χ1) is 17.2. The Morgan fingerprint density at radius 1 is 1.19 bits per heavy atom. The highest BCUT2D eigenvalue weighted by Crippen LogP contribution is 2.41. The molecule has 8 nitrogen and oxygen atoms in total. The van der Waals surface area contributed by atoms with Crippen LogP contribution in [0, 0.1) is 17.6 Å². The van der Waals surface area contributed by atoms with Crippen molar-refractivity contribution in [3.63, 3.8) is 0 Å². The van der Waals surface area contributed by atoms with E-state index in [1.54, 1.807) is 0 Å². The van der Waals surface area contributed by atoms with E-state index in [-0.39, 0.29) is 28.7 Å². The van der Waals surface area contributed by atoms with Crippen molar-refractivity contribution in [2.45, 2.75) is 38.3 Å². The number of hydrogen-bond acceptors (Lipinski definition) is 7. The smallest absolute Gasteiger partial charge is 0.276 e. The minimum absolute atomic E-state index is 0.0305. The topological polar surface area (TPSA) is 130 Å². The molecule has 10 heteroatoms. The number of fused-ring (bicyclic) bond motifs is 1. The number of halogens is 2. The van der Waals surface area contributed by atoms with E-state index in [0.29, 0.717) is 36.7 Å². The van der Waals surface area contributed by atoms with E-state index >= 15 is 0 Å². The van der Waals surface area contributed by atoms with Crippen molar-refractivity contribution in [2.75, 3.05) is 29.0 Å². The fraction of sp³-hybridized carbons (Fsp3) is 0.346. The molecule has 0 bridgehead atoms. The normalized spacial score (nSPS) is 21.4. The lowest BCUT2D eigenvalue weighted by Crippen LogP contribution is -2.47. The van der Waals surface area contributed by atoms with Gasteiger partial charge in [-0.25, -0.2) is 13.8 Å². The van der Waals surface area contributed by atoms with Crippen molar-refractivity contribution >= 4 is 23.0 Å². The van der Waals surface area contributed by atoms with Gasteiger partial charge in [0.1, 0.15) is 11.6 Å². The van der Waals surface area contributed by atoms with Crippen LogP contribution in [0.5, 0.6) is 0 Å². The third-order valence-corrected chi connectivity index (χ3v) is 6.78. The molecular weight excluding hydrogens is 466 g/mol. The largest absolute Gasteiger partial charge is 0.397 e. The molecule has 5 rings (SSSR count). The van der Waals surface area contributed by atoms with Crippen LogP contribution in [0.1, 0.15) is 47.6 Å². The minimum atomic E-state index is -0.794. The molecule has 1 aliphatic heterocycles. The van der Waals surface area contributed by atoms with Crippen LogP contribution >= 0.6 is 0 Å². The molecule has 0 unspecified atom stereocenters. The van der Waals surface area contributed by atoms with Crippen LogP contribution in [0.3, 0.4) is 0 Å². The van der Waals surface area contributed by atoms with Crippen molar-refractivity contribution in [2.24, 2.45) is 11.7 Å². The zero-order valence-corrected chi connectivity index (χ0v) is 19.8. The van der Waals surface area contributed by atoms with Gasteiger partial charge in [-0.1, -0.05) is 13.0 Å². The fourth-order valence-corrected chi connectivity index (χ4v) is 5.26. The highest BCUT2D eigenvalue weighted by atomic mass is 19.1. The van der Waals surface area contributed by atoms with E-state index in [9.17, 15) is 18.7 Å². The molecule has 3 atom stereocenters. The number of piperidine rings is 1. The molecule has 6 N–H and O–H groups in total. The average Bonchev–Trinajstić information content (AvgIpc) is 3.19. The maximum absolute atomic E-state index is 14.3. The van der Waals surface area contributed by atoms with Gasteiger partial charge in [0.15, 0.2) is 5.69 Å². The summed E-state index contributed by atoms with van der Waals surface area (Å²) in [6, 6.07) is 6.23. The molecule has 188 valence electrons. The number of pyridine rings is 2. The van der Waals surface area contributed by atoms with E-state index in [1.807, 2.05) is 0 Å². The van der Waals surface area contributed by atoms with Gasteiger partial charge in [-0.15, -0.1) is 0 Å². The third-order valence-electron chi connectivity index (χ3n) is 6.78. The minimum Gasteiger partial charge on any atom is -0.397 e. The molecule has 3 heterocycles. The second-order valence-electron chi connectivity index (χ2n) is 9.63. The molecule has 1 saturated heterocycles. The number of nitrogens with zero attached hydrogens (tertiary/aromatic N) is 3. The molecule has 0 radical (unpaired) electrons. The summed E-state index contributed by atoms with van der Waals surface area (Å²) in [7, 11) is 0. The number of amides is 1. The molecule has 2 aromatic heterocycles. The van der Waals surface area contributed by atoms with Crippen LogP contribution < -0.4 is 21.7 Å². The summed E-state index contributed by atoms with van der Waals surface area (Å²) in [5.74, 6) is -1.88. The molecule has 0 spiro atoms. The zero-order chi connectivity index (χ0) is 25.6. The van der Waals surface area contributed by atoms with Crippen molar-refractivity contribution in [3.8, 4) is 11.3 Å². The predicted octanol–water partition coefficient (Wildman–Crippen LogP) is 3.41. The number of nitrogens with two attached hydrogens (primary N) is 2. The van der Waals surface area contributed by atoms with Crippen molar-refractivity contribution in [3.05, 3.63) is 65.1 Å². The quantitative estimate of drug-likeness (QED) is 0.437. The lowest BCUT2D eigenvalue weighted by Gasteiger charge is -2.38. The van der Waals surface area contributed by atoms with Crippen molar-refractivity contribution < 1.29 is 18.7 Å². The summed E-state index contributed by atoms with van der Waals surface area (Å²) >= 11 is 0. The first kappa shape index (κ1) is 24.1. The van der Waals surface area contributed by atoms with Gasteiger partial charge < -0.3 is 26.8 Å². The molecule has 1 amide bonds. The van der Waals surface area contributed by atoms with Crippen LogP contribution in [0.2, 0.25) is 0 Å². The lowest BCUT2D eigenvalue weighted by atomic mass is 9.95. The monoisotopic (exact) mass is 494 g/mol. The molecule has 3 aromatic rings. The Labute approximate surface area is 207 Å². The highest BCUT2D eigenvalue weighted by Gasteiger charge is 2.32. The van der Waals surface area contributed by atoms with Gasteiger partial charge in [-0.05, 0) is 49.4 Å². The van der Waals surface area contributed by atoms with Crippen LogP contribution in [0.25, 0.3) is 11.3 Å². The molecule has 36 heavy (non-hydrogen) atoms. The average molecular weight is 495 g/mol. The van der Waals surface area contributed by atoms with E-state index in [4.69, 9.17) is 11.5 Å². The van der Waals surface area contributed by atoms with Gasteiger partial charge in [0, 0.05) is 24.7 Å². The Balaban J connectivity index is 1.53. The number of aliphatic hydroxyl groups excluding tert-OH is 1. The summed E-state index contributed by atoms with van der Waals surface area (Å²) in [6.45, 7) is 3.46. The van der Waals surface area contributed by atoms with Gasteiger partial charge in [-0.2, -0.15) is 0 Å². The van der Waals surface area contributed by atoms with Crippen molar-refractivity contribution in [1.82, 2.24) is 9.97 Å². The number of aliphatic hydroxyl groups is 1. The van der Waals surface area contributed by atoms with E-state index < -0.39 is 23.6 Å². The Bertz CT molecular complexity index is 1300. The lowest BCUT2D eigenvalue weighted by molar-refractivity contribution is 0.102. The number of aromatic nitrogens is 2. The van der Waals surface area contributed by atoms with E-state index in [2.05, 4.69) is 27.1 Å². The van der Waals surface area contributed by atoms with Gasteiger partial charge in [0.05, 0.1) is 46.3 Å². The van der Waals surface area contributed by atoms with Gasteiger partial charge in [-0.3, -0.25) is 9.78 Å². The van der Waals surface area contributed by atoms with Crippen LogP contribution in [0.4, 0.5) is 25.8 Å². The van der Waals surface area contributed by atoms with E-state index in [0.717, 1.165) is 36.3 Å². The SMILES string of the molecule is C[C@@H]1C[C@H](N)CN(c2c(NC(=O)c3nc(-c4c(F)cccc4F)ccc3N)cnc3c2CC[C@@H]3O)C1. The molecule has 2 aliphatic rings. The molecule has 1 aliphatic carbocycles. The standard InChI is InChI=1S/C26H28F2N6O2/c1-13-9-14(29)12-34(11-13)25-15-5-8-21(35)23(15)31-10-20(25)33-26(36)24-18(30)6-7-19(32-24)22-16(27)3-2-4-17(22)28/h2-4,6-7,10,13-14,21,35H,5,8-9,11-12,29-30H2,1H3,(H,33,36)/t13-,14+,21+/m1/s1. The fourth-order valence-electron chi connectivity index (χ4n) is 5.26. The number of anilines is 3. The summed E-state index contributed by atoms with van der Waals surface area (Å²) in [5, 5.41) is 13.2.